The molecule has 7 unspecified atom stereocenters. The molecule has 1 aromatic rings. The molecule has 3 heterocycles. The van der Waals surface area contributed by atoms with Gasteiger partial charge in [0.15, 0.2) is 5.78 Å². The van der Waals surface area contributed by atoms with E-state index in [1.54, 1.807) is 18.5 Å². The molecule has 0 radical (unpaired) electrons. The number of amides is 1. The van der Waals surface area contributed by atoms with Crippen LogP contribution in [0.4, 0.5) is 4.79 Å². The minimum Gasteiger partial charge on any atom is -0.449 e. The third-order valence-electron chi connectivity index (χ3n) is 10.9. The van der Waals surface area contributed by atoms with Crippen LogP contribution in [-0.2, 0) is 75.1 Å². The predicted molar refractivity (Wildman–Crippen MR) is 196 cm³/mol. The zero-order valence-electron chi connectivity index (χ0n) is 32.8. The van der Waals surface area contributed by atoms with Crippen LogP contribution in [0.5, 0.6) is 0 Å². The van der Waals surface area contributed by atoms with Crippen LogP contribution in [0.15, 0.2) is 0 Å². The Balaban J connectivity index is 0.925. The number of aliphatic hydroxyl groups is 2. The smallest absolute Gasteiger partial charge is 0.449 e. The molecule has 3 fully saturated rings. The molecule has 2 aliphatic carbocycles. The highest BCUT2D eigenvalue weighted by Gasteiger charge is 2.51. The molecular formula is C34H58N4O17P2. The Morgan fingerprint density at radius 1 is 0.860 bits per heavy atom. The molecule has 1 amide bonds. The number of phosphoric acid groups is 2. The normalized spacial score (nSPS) is 33.0. The molecule has 1 aromatic heterocycles. The Kier molecular flexibility index (Phi) is 17.0. The third-order valence-corrected chi connectivity index (χ3v) is 12.9. The van der Waals surface area contributed by atoms with E-state index < -0.39 is 70.6 Å². The minimum atomic E-state index is -4.52. The minimum absolute atomic E-state index is 0.0542. The maximum absolute atomic E-state index is 12.8. The topological polar surface area (TPSA) is 275 Å². The predicted octanol–water partition coefficient (Wildman–Crippen LogP) is 1.47. The average Bonchev–Trinajstić information content (AvgIpc) is 3.37. The van der Waals surface area contributed by atoms with Gasteiger partial charge < -0.3 is 49.0 Å². The molecule has 0 spiro atoms. The number of carbonyl (C=O) groups excluding carboxylic acids is 2. The van der Waals surface area contributed by atoms with Gasteiger partial charge in [-0.2, -0.15) is 0 Å². The first-order chi connectivity index (χ1) is 27.1. The van der Waals surface area contributed by atoms with Gasteiger partial charge in [0.25, 0.3) is 0 Å². The number of phosphoric ester groups is 2. The average molecular weight is 857 g/mol. The number of hydrogen-bond donors (Lipinski definition) is 5. The van der Waals surface area contributed by atoms with Crippen molar-refractivity contribution in [3.63, 3.8) is 0 Å². The number of aromatic nitrogens is 3. The van der Waals surface area contributed by atoms with Crippen LogP contribution < -0.4 is 5.32 Å². The summed E-state index contributed by atoms with van der Waals surface area (Å²) in [6.07, 6.45) is -2.67. The monoisotopic (exact) mass is 856 g/mol. The maximum atomic E-state index is 12.8. The molecule has 4 aliphatic rings. The van der Waals surface area contributed by atoms with E-state index in [0.29, 0.717) is 37.5 Å². The number of carbonyl (C=O) groups is 2. The van der Waals surface area contributed by atoms with E-state index in [0.717, 1.165) is 24.2 Å². The number of Topliss-reactive ketones (excluding diaryl/α,β-unsaturated/α-hetero) is 1. The van der Waals surface area contributed by atoms with Crippen LogP contribution in [0.2, 0.25) is 0 Å². The van der Waals surface area contributed by atoms with Gasteiger partial charge in [-0.25, -0.2) is 18.6 Å². The van der Waals surface area contributed by atoms with E-state index >= 15 is 0 Å². The maximum Gasteiger partial charge on any atom is 0.472 e. The molecule has 13 atom stereocenters. The molecule has 0 bridgehead atoms. The first kappa shape index (κ1) is 46.1. The molecule has 5 N–H and O–H groups in total. The van der Waals surface area contributed by atoms with Gasteiger partial charge >= 0.3 is 21.7 Å². The molecule has 5 rings (SSSR count). The summed E-state index contributed by atoms with van der Waals surface area (Å²) in [7, 11) is -6.05. The zero-order valence-corrected chi connectivity index (χ0v) is 34.6. The van der Waals surface area contributed by atoms with Crippen LogP contribution in [0.1, 0.15) is 63.8 Å². The van der Waals surface area contributed by atoms with Gasteiger partial charge in [0.1, 0.15) is 43.2 Å². The number of ether oxygens (including phenoxy) is 5. The molecule has 326 valence electrons. The van der Waals surface area contributed by atoms with E-state index in [1.807, 2.05) is 0 Å². The molecule has 57 heavy (non-hydrogen) atoms. The number of alkyl carbamates (subject to hydrolysis) is 1. The highest BCUT2D eigenvalue weighted by Crippen LogP contribution is 2.53. The number of aliphatic hydroxyl groups excluding tert-OH is 2. The largest absolute Gasteiger partial charge is 0.472 e. The van der Waals surface area contributed by atoms with Crippen LogP contribution in [0, 0.1) is 17.8 Å². The Morgan fingerprint density at radius 3 is 2.21 bits per heavy atom. The highest BCUT2D eigenvalue weighted by molar-refractivity contribution is 7.47. The molecule has 2 aliphatic heterocycles. The number of nitrogens with zero attached hydrogens (tertiary/aromatic N) is 3. The van der Waals surface area contributed by atoms with Gasteiger partial charge in [-0.3, -0.25) is 22.9 Å². The van der Waals surface area contributed by atoms with E-state index in [-0.39, 0.29) is 70.7 Å². The van der Waals surface area contributed by atoms with Crippen molar-refractivity contribution in [1.82, 2.24) is 20.3 Å². The van der Waals surface area contributed by atoms with E-state index in [2.05, 4.69) is 15.6 Å². The summed E-state index contributed by atoms with van der Waals surface area (Å²) in [5, 5.41) is 31.5. The lowest BCUT2D eigenvalue weighted by Crippen LogP contribution is -2.36. The second-order valence-electron chi connectivity index (χ2n) is 14.9. The lowest BCUT2D eigenvalue weighted by molar-refractivity contribution is -0.120. The Labute approximate surface area is 331 Å². The first-order valence-corrected chi connectivity index (χ1v) is 22.4. The summed E-state index contributed by atoms with van der Waals surface area (Å²) in [4.78, 5) is 45.3. The first-order valence-electron chi connectivity index (χ1n) is 19.4. The molecule has 23 heteroatoms. The lowest BCUT2D eigenvalue weighted by atomic mass is 10.0. The lowest BCUT2D eigenvalue weighted by Gasteiger charge is -2.22. The number of hydrogen-bond acceptors (Lipinski definition) is 17. The van der Waals surface area contributed by atoms with Crippen molar-refractivity contribution in [3.8, 4) is 0 Å². The number of ketones is 1. The number of unbranched alkanes of at least 4 members (excludes halogenated alkanes) is 1. The van der Waals surface area contributed by atoms with Crippen molar-refractivity contribution in [3.05, 3.63) is 11.4 Å². The fourth-order valence-electron chi connectivity index (χ4n) is 7.80. The second kappa shape index (κ2) is 21.0. The SMILES string of the molecule is COC[C@H]1O[C@@H](C)[C@@H](O)C1OP(=O)(O)OCCCNC(=O)OCC1C2CCc3nnn(CC(=O)CCCCOP(=O)(O)OC[C@H]4O[C@@H](C)C(O)[C@H]4OC)c3CCC21. The van der Waals surface area contributed by atoms with Crippen LogP contribution in [0.25, 0.3) is 0 Å². The second-order valence-corrected chi connectivity index (χ2v) is 17.8. The number of methoxy groups -OCH3 is 2. The zero-order chi connectivity index (χ0) is 41.3. The third kappa shape index (κ3) is 13.0. The van der Waals surface area contributed by atoms with Gasteiger partial charge in [-0.15, -0.1) is 5.10 Å². The van der Waals surface area contributed by atoms with E-state index in [4.69, 9.17) is 41.8 Å². The summed E-state index contributed by atoms with van der Waals surface area (Å²) in [6, 6.07) is 0. The molecule has 0 aromatic carbocycles. The van der Waals surface area contributed by atoms with Crippen LogP contribution >= 0.6 is 15.6 Å². The summed E-state index contributed by atoms with van der Waals surface area (Å²) < 4.78 is 73.4. The fraction of sp³-hybridized carbons (Fsp3) is 0.882. The Bertz CT molecular complexity index is 1570. The van der Waals surface area contributed by atoms with Gasteiger partial charge in [-0.05, 0) is 76.5 Å². The molecular weight excluding hydrogens is 798 g/mol. The van der Waals surface area contributed by atoms with Gasteiger partial charge in [0.2, 0.25) is 0 Å². The summed E-state index contributed by atoms with van der Waals surface area (Å²) in [5.74, 6) is 0.902. The number of aryl methyl sites for hydroxylation is 1. The van der Waals surface area contributed by atoms with Crippen molar-refractivity contribution in [1.29, 1.82) is 0 Å². The highest BCUT2D eigenvalue weighted by atomic mass is 31.2. The summed E-state index contributed by atoms with van der Waals surface area (Å²) in [5.41, 5.74) is 1.78. The van der Waals surface area contributed by atoms with E-state index in [1.165, 1.54) is 14.2 Å². The van der Waals surface area contributed by atoms with Crippen molar-refractivity contribution in [2.75, 3.05) is 53.8 Å². The number of rotatable bonds is 23. The van der Waals surface area contributed by atoms with E-state index in [9.17, 15) is 38.7 Å². The summed E-state index contributed by atoms with van der Waals surface area (Å²) >= 11 is 0. The number of fused-ring (bicyclic) bond motifs is 2. The van der Waals surface area contributed by atoms with Crippen LogP contribution in [0.3, 0.4) is 0 Å². The van der Waals surface area contributed by atoms with Crippen molar-refractivity contribution >= 4 is 27.5 Å². The molecule has 2 saturated heterocycles. The molecule has 1 saturated carbocycles. The number of nitrogens with one attached hydrogen (secondary N) is 1. The summed E-state index contributed by atoms with van der Waals surface area (Å²) in [6.45, 7) is 3.24. The van der Waals surface area contributed by atoms with Crippen molar-refractivity contribution in [2.45, 2.75) is 121 Å². The van der Waals surface area contributed by atoms with Crippen molar-refractivity contribution < 1.29 is 80.5 Å². The molecule has 21 nitrogen and oxygen atoms in total. The Morgan fingerprint density at radius 2 is 1.51 bits per heavy atom. The Hall–Kier alpha value is -1.94. The quantitative estimate of drug-likeness (QED) is 0.0770. The standard InChI is InChI=1S/C34H58N4O17P2/c1-20-30(40)32(48-4)29(54-20)19-52-56(43,44)50-14-6-5-8-22(39)16-38-27-12-10-24-23(9-11-26(27)36-37-38)25(24)17-49-34(42)35-13-7-15-51-57(45,46)55-33-28(18-47-3)53-21(2)31(33)41/h20-21,23-25,28-33,40-41H,5-19H2,1-4H3,(H,35,42)(H,43,44)(H,45,46)/t20-,21-,23?,24?,25?,28+,29+,30?,31+,32-,33?/m0/s1. The van der Waals surface area contributed by atoms with Crippen LogP contribution in [-0.4, -0.2) is 150 Å². The van der Waals surface area contributed by atoms with Gasteiger partial charge in [0, 0.05) is 27.2 Å². The van der Waals surface area contributed by atoms with Gasteiger partial charge in [-0.1, -0.05) is 5.21 Å². The fourth-order valence-corrected chi connectivity index (χ4v) is 9.56. The van der Waals surface area contributed by atoms with Crippen molar-refractivity contribution in [2.24, 2.45) is 17.8 Å². The van der Waals surface area contributed by atoms with Gasteiger partial charge in [0.05, 0.1) is 56.6 Å².